The molecule has 0 amide bonds. The zero-order valence-corrected chi connectivity index (χ0v) is 7.82. The van der Waals surface area contributed by atoms with Gasteiger partial charge in [-0.2, -0.15) is 5.26 Å². The second kappa shape index (κ2) is 3.39. The van der Waals surface area contributed by atoms with Crippen LogP contribution in [0, 0.1) is 11.3 Å². The van der Waals surface area contributed by atoms with Crippen LogP contribution in [0.25, 0.3) is 10.8 Å². The molecule has 0 unspecified atom stereocenters. The second-order valence-corrected chi connectivity index (χ2v) is 2.97. The quantitative estimate of drug-likeness (QED) is 0.681. The van der Waals surface area contributed by atoms with E-state index in [1.807, 2.05) is 36.4 Å². The van der Waals surface area contributed by atoms with Crippen LogP contribution in [-0.2, 0) is 0 Å². The summed E-state index contributed by atoms with van der Waals surface area (Å²) in [6.07, 6.45) is 0. The molecule has 68 valence electrons. The first-order valence-corrected chi connectivity index (χ1v) is 4.32. The summed E-state index contributed by atoms with van der Waals surface area (Å²) >= 11 is 0. The molecule has 2 aromatic carbocycles. The number of nitrogens with zero attached hydrogens (tertiary/aromatic N) is 1. The Morgan fingerprint density at radius 1 is 1.07 bits per heavy atom. The van der Waals surface area contributed by atoms with Crippen molar-refractivity contribution in [1.29, 1.82) is 5.26 Å². The fraction of sp³-hybridized carbons (Fsp3) is 0.0833. The minimum absolute atomic E-state index is 0.682. The summed E-state index contributed by atoms with van der Waals surface area (Å²) in [5.74, 6) is 0.805. The first kappa shape index (κ1) is 8.58. The van der Waals surface area contributed by atoms with Crippen molar-refractivity contribution in [2.75, 3.05) is 7.11 Å². The second-order valence-electron chi connectivity index (χ2n) is 2.97. The number of rotatable bonds is 1. The lowest BCUT2D eigenvalue weighted by molar-refractivity contribution is 0.420. The molecular weight excluding hydrogens is 174 g/mol. The highest BCUT2D eigenvalue weighted by atomic mass is 16.5. The first-order valence-electron chi connectivity index (χ1n) is 4.32. The fourth-order valence-electron chi connectivity index (χ4n) is 1.56. The third-order valence-corrected chi connectivity index (χ3v) is 2.22. The van der Waals surface area contributed by atoms with Gasteiger partial charge in [0.2, 0.25) is 0 Å². The lowest BCUT2D eigenvalue weighted by Gasteiger charge is -2.05. The highest BCUT2D eigenvalue weighted by Crippen LogP contribution is 2.27. The average molecular weight is 183 g/mol. The Morgan fingerprint density at radius 2 is 1.79 bits per heavy atom. The van der Waals surface area contributed by atoms with E-state index in [0.717, 1.165) is 16.5 Å². The van der Waals surface area contributed by atoms with Gasteiger partial charge in [0.1, 0.15) is 5.75 Å². The van der Waals surface area contributed by atoms with E-state index in [1.54, 1.807) is 7.11 Å². The van der Waals surface area contributed by atoms with Gasteiger partial charge in [-0.3, -0.25) is 0 Å². The Labute approximate surface area is 82.3 Å². The van der Waals surface area contributed by atoms with Crippen molar-refractivity contribution < 1.29 is 4.74 Å². The molecule has 0 aliphatic rings. The minimum atomic E-state index is 0.682. The Hall–Kier alpha value is -2.01. The molecule has 2 nitrogen and oxygen atoms in total. The van der Waals surface area contributed by atoms with E-state index in [4.69, 9.17) is 10.00 Å². The molecule has 0 heterocycles. The van der Waals surface area contributed by atoms with E-state index in [-0.39, 0.29) is 0 Å². The van der Waals surface area contributed by atoms with E-state index in [0.29, 0.717) is 5.56 Å². The third-order valence-electron chi connectivity index (χ3n) is 2.22. The molecule has 14 heavy (non-hydrogen) atoms. The molecule has 0 aliphatic carbocycles. The Morgan fingerprint density at radius 3 is 2.50 bits per heavy atom. The fourth-order valence-corrected chi connectivity index (χ4v) is 1.56. The normalized spacial score (nSPS) is 9.71. The van der Waals surface area contributed by atoms with Crippen LogP contribution in [0.15, 0.2) is 36.4 Å². The standard InChI is InChI=1S/C12H9NO/c1-14-12-7-3-5-10-9(8-13)4-2-6-11(10)12/h2-7H,1H3. The van der Waals surface area contributed by atoms with Gasteiger partial charge in [0.15, 0.2) is 0 Å². The maximum Gasteiger partial charge on any atom is 0.126 e. The molecule has 0 aromatic heterocycles. The van der Waals surface area contributed by atoms with Crippen molar-refractivity contribution in [3.8, 4) is 11.8 Å². The number of hydrogen-bond acceptors (Lipinski definition) is 2. The molecule has 0 atom stereocenters. The zero-order chi connectivity index (χ0) is 9.97. The average Bonchev–Trinajstić information content (AvgIpc) is 2.27. The van der Waals surface area contributed by atoms with Crippen molar-refractivity contribution in [2.45, 2.75) is 0 Å². The van der Waals surface area contributed by atoms with Crippen LogP contribution in [0.1, 0.15) is 5.56 Å². The predicted octanol–water partition coefficient (Wildman–Crippen LogP) is 2.72. The molecule has 2 aromatic rings. The smallest absolute Gasteiger partial charge is 0.126 e. The maximum absolute atomic E-state index is 8.91. The Kier molecular flexibility index (Phi) is 2.08. The summed E-state index contributed by atoms with van der Waals surface area (Å²) in [4.78, 5) is 0. The van der Waals surface area contributed by atoms with Crippen molar-refractivity contribution in [3.05, 3.63) is 42.0 Å². The van der Waals surface area contributed by atoms with Crippen molar-refractivity contribution in [1.82, 2.24) is 0 Å². The van der Waals surface area contributed by atoms with Gasteiger partial charge in [-0.15, -0.1) is 0 Å². The number of hydrogen-bond donors (Lipinski definition) is 0. The van der Waals surface area contributed by atoms with E-state index < -0.39 is 0 Å². The molecule has 0 saturated heterocycles. The van der Waals surface area contributed by atoms with E-state index >= 15 is 0 Å². The molecule has 0 N–H and O–H groups in total. The number of fused-ring (bicyclic) bond motifs is 1. The van der Waals surface area contributed by atoms with E-state index in [2.05, 4.69) is 6.07 Å². The van der Waals surface area contributed by atoms with Crippen molar-refractivity contribution >= 4 is 10.8 Å². The van der Waals surface area contributed by atoms with Crippen LogP contribution in [0.4, 0.5) is 0 Å². The Bertz CT molecular complexity index is 511. The highest BCUT2D eigenvalue weighted by Gasteiger charge is 2.03. The van der Waals surface area contributed by atoms with Crippen LogP contribution < -0.4 is 4.74 Å². The summed E-state index contributed by atoms with van der Waals surface area (Å²) in [5.41, 5.74) is 0.682. The lowest BCUT2D eigenvalue weighted by Crippen LogP contribution is -1.86. The zero-order valence-electron chi connectivity index (χ0n) is 7.82. The van der Waals surface area contributed by atoms with Gasteiger partial charge in [-0.1, -0.05) is 24.3 Å². The third kappa shape index (κ3) is 1.20. The van der Waals surface area contributed by atoms with Crippen molar-refractivity contribution in [2.24, 2.45) is 0 Å². The molecule has 0 spiro atoms. The maximum atomic E-state index is 8.91. The summed E-state index contributed by atoms with van der Waals surface area (Å²) in [6, 6.07) is 13.5. The SMILES string of the molecule is COc1cccc2c(C#N)cccc12. The van der Waals surface area contributed by atoms with Gasteiger partial charge in [-0.05, 0) is 12.1 Å². The van der Waals surface area contributed by atoms with Gasteiger partial charge in [0.25, 0.3) is 0 Å². The number of benzene rings is 2. The van der Waals surface area contributed by atoms with Crippen molar-refractivity contribution in [3.63, 3.8) is 0 Å². The molecule has 2 heteroatoms. The van der Waals surface area contributed by atoms with Gasteiger partial charge < -0.3 is 4.74 Å². The molecule has 0 radical (unpaired) electrons. The molecule has 0 fully saturated rings. The molecular formula is C12H9NO. The topological polar surface area (TPSA) is 33.0 Å². The molecule has 2 rings (SSSR count). The van der Waals surface area contributed by atoms with E-state index in [9.17, 15) is 0 Å². The molecule has 0 saturated carbocycles. The van der Waals surface area contributed by atoms with E-state index in [1.165, 1.54) is 0 Å². The first-order chi connectivity index (χ1) is 6.86. The van der Waals surface area contributed by atoms with Gasteiger partial charge >= 0.3 is 0 Å². The summed E-state index contributed by atoms with van der Waals surface area (Å²) < 4.78 is 5.22. The number of methoxy groups -OCH3 is 1. The van der Waals surface area contributed by atoms with Crippen LogP contribution in [0.5, 0.6) is 5.75 Å². The minimum Gasteiger partial charge on any atom is -0.496 e. The largest absolute Gasteiger partial charge is 0.496 e. The lowest BCUT2D eigenvalue weighted by atomic mass is 10.0. The molecule has 0 aliphatic heterocycles. The summed E-state index contributed by atoms with van der Waals surface area (Å²) in [5, 5.41) is 10.8. The van der Waals surface area contributed by atoms with Gasteiger partial charge in [0.05, 0.1) is 18.7 Å². The van der Waals surface area contributed by atoms with Crippen LogP contribution in [0.3, 0.4) is 0 Å². The highest BCUT2D eigenvalue weighted by molar-refractivity contribution is 5.92. The van der Waals surface area contributed by atoms with Gasteiger partial charge in [-0.25, -0.2) is 0 Å². The Balaban J connectivity index is 2.86. The summed E-state index contributed by atoms with van der Waals surface area (Å²) in [6.45, 7) is 0. The van der Waals surface area contributed by atoms with Crippen LogP contribution in [-0.4, -0.2) is 7.11 Å². The predicted molar refractivity (Wildman–Crippen MR) is 55.2 cm³/mol. The van der Waals surface area contributed by atoms with Gasteiger partial charge in [0, 0.05) is 10.8 Å². The number of nitriles is 1. The molecule has 0 bridgehead atoms. The monoisotopic (exact) mass is 183 g/mol. The van der Waals surface area contributed by atoms with Crippen LogP contribution >= 0.6 is 0 Å². The summed E-state index contributed by atoms with van der Waals surface area (Å²) in [7, 11) is 1.63. The van der Waals surface area contributed by atoms with Crippen LogP contribution in [0.2, 0.25) is 0 Å². The number of ether oxygens (including phenoxy) is 1.